The zero-order valence-electron chi connectivity index (χ0n) is 30.3. The Morgan fingerprint density at radius 3 is 2.38 bits per heavy atom. The maximum absolute atomic E-state index is 14.7. The second-order valence-corrected chi connectivity index (χ2v) is 19.0. The van der Waals surface area contributed by atoms with Gasteiger partial charge in [0.2, 0.25) is 0 Å². The molecule has 6 saturated carbocycles. The van der Waals surface area contributed by atoms with Crippen molar-refractivity contribution >= 4 is 5.78 Å². The molecule has 4 bridgehead atoms. The van der Waals surface area contributed by atoms with Crippen LogP contribution in [0.4, 0.5) is 8.78 Å². The van der Waals surface area contributed by atoms with Crippen LogP contribution >= 0.6 is 0 Å². The van der Waals surface area contributed by atoms with Crippen LogP contribution in [0, 0.1) is 68.3 Å². The summed E-state index contributed by atoms with van der Waals surface area (Å²) in [5.41, 5.74) is -2.06. The molecule has 1 aromatic rings. The molecule has 1 aromatic carbocycles. The number of aliphatic hydroxyl groups excluding tert-OH is 3. The molecule has 0 aliphatic heterocycles. The van der Waals surface area contributed by atoms with Crippen molar-refractivity contribution in [2.45, 2.75) is 110 Å². The second-order valence-electron chi connectivity index (χ2n) is 19.0. The van der Waals surface area contributed by atoms with E-state index in [-0.39, 0.29) is 35.2 Å². The molecule has 12 atom stereocenters. The normalized spacial score (nSPS) is 45.7. The van der Waals surface area contributed by atoms with E-state index in [1.807, 2.05) is 0 Å². The summed E-state index contributed by atoms with van der Waals surface area (Å²) in [5, 5.41) is 44.6. The Morgan fingerprint density at radius 1 is 0.960 bits per heavy atom. The van der Waals surface area contributed by atoms with E-state index in [2.05, 4.69) is 50.8 Å². The van der Waals surface area contributed by atoms with E-state index >= 15 is 0 Å². The van der Waals surface area contributed by atoms with Crippen LogP contribution in [0.5, 0.6) is 0 Å². The number of carbonyl (C=O) groups excluding carboxylic acids is 1. The fourth-order valence-electron chi connectivity index (χ4n) is 13.8. The van der Waals surface area contributed by atoms with Gasteiger partial charge in [0.05, 0.1) is 24.4 Å². The number of allylic oxidation sites excluding steroid dienone is 4. The first-order valence-corrected chi connectivity index (χ1v) is 19.4. The molecule has 9 aliphatic rings. The average Bonchev–Trinajstić information content (AvgIpc) is 3.35. The minimum absolute atomic E-state index is 0.0805. The highest BCUT2D eigenvalue weighted by Crippen LogP contribution is 2.78. The maximum atomic E-state index is 14.7. The summed E-state index contributed by atoms with van der Waals surface area (Å²) >= 11 is 0. The fourth-order valence-corrected chi connectivity index (χ4v) is 13.8. The average molecular weight is 694 g/mol. The lowest BCUT2D eigenvalue weighted by molar-refractivity contribution is -0.179. The molecule has 274 valence electrons. The van der Waals surface area contributed by atoms with Gasteiger partial charge in [0.1, 0.15) is 0 Å². The van der Waals surface area contributed by atoms with E-state index in [1.54, 1.807) is 0 Å². The van der Waals surface area contributed by atoms with Crippen LogP contribution in [-0.4, -0.2) is 75.2 Å². The molecule has 10 rings (SSSR count). The number of nitrogens with zero attached hydrogens (tertiary/aromatic N) is 1. The summed E-state index contributed by atoms with van der Waals surface area (Å²) in [6, 6.07) is 3.41. The van der Waals surface area contributed by atoms with Crippen molar-refractivity contribution in [3.63, 3.8) is 0 Å². The molecule has 6 fully saturated rings. The summed E-state index contributed by atoms with van der Waals surface area (Å²) < 4.78 is 28.7. The number of carbonyl (C=O) groups is 1. The van der Waals surface area contributed by atoms with E-state index in [9.17, 15) is 34.0 Å². The predicted octanol–water partition coefficient (Wildman–Crippen LogP) is 6.47. The Bertz CT molecular complexity index is 1620. The quantitative estimate of drug-likeness (QED) is 0.175. The van der Waals surface area contributed by atoms with Crippen LogP contribution in [0.2, 0.25) is 0 Å². The Labute approximate surface area is 296 Å². The molecule has 4 N–H and O–H groups in total. The van der Waals surface area contributed by atoms with Crippen molar-refractivity contribution in [2.75, 3.05) is 26.2 Å². The summed E-state index contributed by atoms with van der Waals surface area (Å²) in [4.78, 5) is 16.9. The summed E-state index contributed by atoms with van der Waals surface area (Å²) in [6.45, 7) is 10.4. The van der Waals surface area contributed by atoms with Gasteiger partial charge in [0.15, 0.2) is 17.4 Å². The Kier molecular flexibility index (Phi) is 8.08. The molecule has 9 aliphatic carbocycles. The molecular weight excluding hydrogens is 636 g/mol. The highest BCUT2D eigenvalue weighted by molar-refractivity contribution is 6.10. The highest BCUT2D eigenvalue weighted by atomic mass is 19.2. The van der Waals surface area contributed by atoms with Gasteiger partial charge in [-0.15, -0.1) is 0 Å². The summed E-state index contributed by atoms with van der Waals surface area (Å²) in [6.07, 6.45) is 13.7. The van der Waals surface area contributed by atoms with Crippen LogP contribution in [0.3, 0.4) is 0 Å². The molecule has 0 aromatic heterocycles. The van der Waals surface area contributed by atoms with E-state index in [4.69, 9.17) is 0 Å². The van der Waals surface area contributed by atoms with Gasteiger partial charge >= 0.3 is 0 Å². The zero-order chi connectivity index (χ0) is 35.6. The van der Waals surface area contributed by atoms with Crippen molar-refractivity contribution in [3.05, 3.63) is 59.2 Å². The molecule has 0 amide bonds. The lowest BCUT2D eigenvalue weighted by atomic mass is 9.32. The number of halogens is 2. The van der Waals surface area contributed by atoms with Gasteiger partial charge in [-0.3, -0.25) is 9.69 Å². The Morgan fingerprint density at radius 2 is 1.68 bits per heavy atom. The monoisotopic (exact) mass is 693 g/mol. The summed E-state index contributed by atoms with van der Waals surface area (Å²) in [5.74, 6) is -0.469. The van der Waals surface area contributed by atoms with Crippen molar-refractivity contribution in [1.82, 2.24) is 4.90 Å². The van der Waals surface area contributed by atoms with Gasteiger partial charge in [-0.05, 0) is 123 Å². The number of hydrogen-bond donors (Lipinski definition) is 4. The van der Waals surface area contributed by atoms with Crippen molar-refractivity contribution in [3.8, 4) is 0 Å². The van der Waals surface area contributed by atoms with E-state index in [1.165, 1.54) is 18.9 Å². The number of fused-ring (bicyclic) bond motifs is 3. The number of rotatable bonds is 9. The predicted molar refractivity (Wildman–Crippen MR) is 187 cm³/mol. The molecule has 1 unspecified atom stereocenters. The lowest BCUT2D eigenvalue weighted by Crippen LogP contribution is -2.67. The molecule has 0 radical (unpaired) electrons. The van der Waals surface area contributed by atoms with Gasteiger partial charge in [0.25, 0.3) is 0 Å². The number of hydrogen-bond acceptors (Lipinski definition) is 6. The SMILES string of the molecule is CC1(C)[C@H]2CC[C@@H](CN(C[C@H](O)CO)C[C@]3(O)CC[C@H]4[C@]56C=C[C@@]7(C=C5C(=O)c5ccc(F)c(F)c5)CC(O)CC[C@]7(C)[C@H]6CC[C@@]43C)[C@@H]1C2. The largest absolute Gasteiger partial charge is 0.394 e. The minimum Gasteiger partial charge on any atom is -0.394 e. The molecule has 0 heterocycles. The van der Waals surface area contributed by atoms with Gasteiger partial charge in [-0.2, -0.15) is 0 Å². The van der Waals surface area contributed by atoms with E-state index < -0.39 is 45.7 Å². The third-order valence-corrected chi connectivity index (χ3v) is 16.8. The van der Waals surface area contributed by atoms with Crippen LogP contribution in [0.25, 0.3) is 0 Å². The molecule has 8 heteroatoms. The summed E-state index contributed by atoms with van der Waals surface area (Å²) in [7, 11) is 0. The Balaban J connectivity index is 1.17. The first-order chi connectivity index (χ1) is 23.5. The maximum Gasteiger partial charge on any atom is 0.189 e. The third kappa shape index (κ3) is 4.63. The number of benzene rings is 1. The minimum atomic E-state index is -1.10. The molecular formula is C42H57F2NO5. The number of Topliss-reactive ketones (excluding diaryl/α,β-unsaturated/α-hetero) is 1. The van der Waals surface area contributed by atoms with Crippen LogP contribution < -0.4 is 0 Å². The standard InChI is InChI=1S/C42H57F2NO5/c1-37(2)27-7-5-26(30(37)18-27)21-45(22-29(48)23-46)24-41(50)14-11-35-39(41,4)13-10-34-38(3)12-9-28(47)19-40(38)15-16-42(34,35)31(20-40)36(49)25-6-8-32(43)33(44)17-25/h6,8,15-17,20,26-30,34-35,46-48,50H,5,7,9-14,18-19,21-24H2,1-4H3/t26-,27-,28?,29-,30-,34+,35+,38+,39-,40-,41+,42+/m0/s1. The lowest BCUT2D eigenvalue weighted by Gasteiger charge is -2.71. The van der Waals surface area contributed by atoms with Crippen LogP contribution in [-0.2, 0) is 0 Å². The number of aliphatic hydroxyl groups is 4. The van der Waals surface area contributed by atoms with Crippen LogP contribution in [0.1, 0.15) is 102 Å². The molecule has 2 spiro atoms. The van der Waals surface area contributed by atoms with E-state index in [0.29, 0.717) is 61.6 Å². The highest BCUT2D eigenvalue weighted by Gasteiger charge is 2.74. The zero-order valence-corrected chi connectivity index (χ0v) is 30.3. The van der Waals surface area contributed by atoms with Crippen molar-refractivity contribution < 1.29 is 34.0 Å². The smallest absolute Gasteiger partial charge is 0.189 e. The molecule has 0 saturated heterocycles. The number of ketones is 1. The van der Waals surface area contributed by atoms with E-state index in [0.717, 1.165) is 50.3 Å². The van der Waals surface area contributed by atoms with Gasteiger partial charge in [-0.1, -0.05) is 45.9 Å². The fraction of sp³-hybridized carbons (Fsp3) is 0.738. The van der Waals surface area contributed by atoms with Gasteiger partial charge < -0.3 is 20.4 Å². The third-order valence-electron chi connectivity index (χ3n) is 16.8. The molecule has 50 heavy (non-hydrogen) atoms. The van der Waals surface area contributed by atoms with Gasteiger partial charge in [0, 0.05) is 47.0 Å². The van der Waals surface area contributed by atoms with Gasteiger partial charge in [-0.25, -0.2) is 8.78 Å². The molecule has 6 nitrogen and oxygen atoms in total. The van der Waals surface area contributed by atoms with Crippen molar-refractivity contribution in [2.24, 2.45) is 56.7 Å². The van der Waals surface area contributed by atoms with Crippen LogP contribution in [0.15, 0.2) is 42.0 Å². The second kappa shape index (κ2) is 11.5. The van der Waals surface area contributed by atoms with Crippen molar-refractivity contribution in [1.29, 1.82) is 0 Å². The Hall–Kier alpha value is -1.97. The topological polar surface area (TPSA) is 101 Å². The first-order valence-electron chi connectivity index (χ1n) is 19.4. The first kappa shape index (κ1) is 35.1.